The Morgan fingerprint density at radius 2 is 1.86 bits per heavy atom. The molecule has 4 heterocycles. The molecule has 6 heteroatoms. The SMILES string of the molecule is Cc1ccc(-n2c(C)cc(C3C(c4ccccn4)NC(=S)N3C(C)C)c2C)nc1. The Balaban J connectivity index is 1.85. The van der Waals surface area contributed by atoms with Crippen LogP contribution in [0.2, 0.25) is 0 Å². The Morgan fingerprint density at radius 3 is 2.48 bits per heavy atom. The van der Waals surface area contributed by atoms with Crippen molar-refractivity contribution in [3.05, 3.63) is 77.0 Å². The van der Waals surface area contributed by atoms with Crippen LogP contribution in [0, 0.1) is 20.8 Å². The third kappa shape index (κ3) is 3.42. The second-order valence-electron chi connectivity index (χ2n) is 7.98. The minimum absolute atomic E-state index is 0.00558. The van der Waals surface area contributed by atoms with E-state index in [2.05, 4.69) is 83.6 Å². The van der Waals surface area contributed by atoms with Gasteiger partial charge >= 0.3 is 0 Å². The highest BCUT2D eigenvalue weighted by molar-refractivity contribution is 7.80. The third-order valence-electron chi connectivity index (χ3n) is 5.61. The van der Waals surface area contributed by atoms with Crippen LogP contribution in [0.1, 0.15) is 54.1 Å². The average molecular weight is 406 g/mol. The molecule has 0 spiro atoms. The van der Waals surface area contributed by atoms with Gasteiger partial charge in [-0.3, -0.25) is 4.98 Å². The predicted molar refractivity (Wildman–Crippen MR) is 120 cm³/mol. The van der Waals surface area contributed by atoms with E-state index in [4.69, 9.17) is 12.2 Å². The van der Waals surface area contributed by atoms with E-state index in [1.54, 1.807) is 0 Å². The predicted octanol–water partition coefficient (Wildman–Crippen LogP) is 4.57. The molecule has 0 radical (unpaired) electrons. The highest BCUT2D eigenvalue weighted by Crippen LogP contribution is 2.42. The molecule has 3 aromatic rings. The van der Waals surface area contributed by atoms with Crippen molar-refractivity contribution in [2.24, 2.45) is 0 Å². The van der Waals surface area contributed by atoms with E-state index in [0.717, 1.165) is 27.9 Å². The van der Waals surface area contributed by atoms with E-state index in [-0.39, 0.29) is 18.1 Å². The fourth-order valence-electron chi connectivity index (χ4n) is 4.29. The van der Waals surface area contributed by atoms with E-state index in [0.29, 0.717) is 0 Å². The Labute approximate surface area is 177 Å². The van der Waals surface area contributed by atoms with Gasteiger partial charge in [0.15, 0.2) is 5.11 Å². The smallest absolute Gasteiger partial charge is 0.170 e. The van der Waals surface area contributed by atoms with Gasteiger partial charge in [-0.15, -0.1) is 0 Å². The normalized spacial score (nSPS) is 19.1. The van der Waals surface area contributed by atoms with Crippen LogP contribution in [0.4, 0.5) is 0 Å². The van der Waals surface area contributed by atoms with Crippen LogP contribution in [-0.4, -0.2) is 30.6 Å². The number of nitrogens with zero attached hydrogens (tertiary/aromatic N) is 4. The molecule has 1 fully saturated rings. The van der Waals surface area contributed by atoms with E-state index >= 15 is 0 Å². The average Bonchev–Trinajstić information content (AvgIpc) is 3.19. The van der Waals surface area contributed by atoms with E-state index < -0.39 is 0 Å². The number of pyridine rings is 2. The largest absolute Gasteiger partial charge is 0.352 e. The van der Waals surface area contributed by atoms with Gasteiger partial charge in [-0.2, -0.15) is 0 Å². The summed E-state index contributed by atoms with van der Waals surface area (Å²) in [5.74, 6) is 0.941. The number of nitrogens with one attached hydrogen (secondary N) is 1. The van der Waals surface area contributed by atoms with Crippen molar-refractivity contribution >= 4 is 17.3 Å². The minimum atomic E-state index is 0.00558. The summed E-state index contributed by atoms with van der Waals surface area (Å²) in [6.07, 6.45) is 3.76. The molecule has 1 saturated heterocycles. The third-order valence-corrected chi connectivity index (χ3v) is 5.93. The molecule has 1 aliphatic heterocycles. The van der Waals surface area contributed by atoms with Crippen molar-refractivity contribution in [3.8, 4) is 5.82 Å². The molecule has 0 aliphatic carbocycles. The monoisotopic (exact) mass is 405 g/mol. The van der Waals surface area contributed by atoms with Gasteiger partial charge in [0.05, 0.1) is 17.8 Å². The zero-order valence-corrected chi connectivity index (χ0v) is 18.4. The van der Waals surface area contributed by atoms with Gasteiger partial charge in [-0.1, -0.05) is 12.1 Å². The van der Waals surface area contributed by atoms with Crippen molar-refractivity contribution in [1.82, 2.24) is 24.8 Å². The topological polar surface area (TPSA) is 46.0 Å². The van der Waals surface area contributed by atoms with Crippen molar-refractivity contribution in [2.75, 3.05) is 0 Å². The summed E-state index contributed by atoms with van der Waals surface area (Å²) in [7, 11) is 0. The molecular formula is C23H27N5S. The maximum absolute atomic E-state index is 5.73. The molecular weight excluding hydrogens is 378 g/mol. The van der Waals surface area contributed by atoms with E-state index in [1.165, 1.54) is 11.3 Å². The van der Waals surface area contributed by atoms with Crippen LogP contribution in [0.5, 0.6) is 0 Å². The van der Waals surface area contributed by atoms with Gasteiger partial charge in [-0.05, 0) is 82.2 Å². The molecule has 0 bridgehead atoms. The number of hydrogen-bond acceptors (Lipinski definition) is 3. The fourth-order valence-corrected chi connectivity index (χ4v) is 4.74. The first-order chi connectivity index (χ1) is 13.9. The van der Waals surface area contributed by atoms with Crippen LogP contribution < -0.4 is 5.32 Å². The summed E-state index contributed by atoms with van der Waals surface area (Å²) >= 11 is 5.73. The molecule has 29 heavy (non-hydrogen) atoms. The van der Waals surface area contributed by atoms with Crippen molar-refractivity contribution in [2.45, 2.75) is 52.7 Å². The second kappa shape index (κ2) is 7.59. The first kappa shape index (κ1) is 19.6. The number of hydrogen-bond donors (Lipinski definition) is 1. The Kier molecular flexibility index (Phi) is 5.13. The van der Waals surface area contributed by atoms with Gasteiger partial charge in [0.1, 0.15) is 5.82 Å². The molecule has 2 unspecified atom stereocenters. The zero-order chi connectivity index (χ0) is 20.7. The summed E-state index contributed by atoms with van der Waals surface area (Å²) < 4.78 is 2.23. The molecule has 4 rings (SSSR count). The second-order valence-corrected chi connectivity index (χ2v) is 8.37. The number of aryl methyl sites for hydroxylation is 2. The van der Waals surface area contributed by atoms with Gasteiger partial charge in [0, 0.05) is 29.8 Å². The highest BCUT2D eigenvalue weighted by Gasteiger charge is 2.42. The molecule has 0 saturated carbocycles. The molecule has 150 valence electrons. The lowest BCUT2D eigenvalue weighted by molar-refractivity contribution is 0.269. The quantitative estimate of drug-likeness (QED) is 0.644. The zero-order valence-electron chi connectivity index (χ0n) is 17.5. The van der Waals surface area contributed by atoms with Gasteiger partial charge in [0.25, 0.3) is 0 Å². The summed E-state index contributed by atoms with van der Waals surface area (Å²) in [5.41, 5.74) is 5.75. The number of rotatable bonds is 4. The van der Waals surface area contributed by atoms with E-state index in [9.17, 15) is 0 Å². The molecule has 1 aliphatic rings. The minimum Gasteiger partial charge on any atom is -0.352 e. The fraction of sp³-hybridized carbons (Fsp3) is 0.348. The maximum Gasteiger partial charge on any atom is 0.170 e. The first-order valence-electron chi connectivity index (χ1n) is 10.00. The van der Waals surface area contributed by atoms with Gasteiger partial charge in [0.2, 0.25) is 0 Å². The van der Waals surface area contributed by atoms with Gasteiger partial charge in [-0.25, -0.2) is 4.98 Å². The molecule has 5 nitrogen and oxygen atoms in total. The summed E-state index contributed by atoms with van der Waals surface area (Å²) in [6.45, 7) is 10.7. The molecule has 3 aromatic heterocycles. The van der Waals surface area contributed by atoms with Crippen LogP contribution in [0.25, 0.3) is 5.82 Å². The summed E-state index contributed by atoms with van der Waals surface area (Å²) in [4.78, 5) is 11.6. The molecule has 0 aromatic carbocycles. The first-order valence-corrected chi connectivity index (χ1v) is 10.4. The standard InChI is InChI=1S/C23H27N5S/c1-14(2)27-22(21(26-23(27)29)19-8-6-7-11-24-19)18-12-16(4)28(17(18)5)20-10-9-15(3)13-25-20/h6-14,21-22H,1-5H3,(H,26,29). The lowest BCUT2D eigenvalue weighted by Gasteiger charge is -2.31. The van der Waals surface area contributed by atoms with E-state index in [1.807, 2.05) is 24.5 Å². The Morgan fingerprint density at radius 1 is 1.07 bits per heavy atom. The number of aromatic nitrogens is 3. The maximum atomic E-state index is 5.73. The Bertz CT molecular complexity index is 1020. The summed E-state index contributed by atoms with van der Waals surface area (Å²) in [6, 6.07) is 12.8. The van der Waals surface area contributed by atoms with Crippen molar-refractivity contribution < 1.29 is 0 Å². The van der Waals surface area contributed by atoms with Crippen LogP contribution in [0.15, 0.2) is 48.8 Å². The molecule has 2 atom stereocenters. The lowest BCUT2D eigenvalue weighted by Crippen LogP contribution is -2.35. The van der Waals surface area contributed by atoms with Crippen molar-refractivity contribution in [3.63, 3.8) is 0 Å². The van der Waals surface area contributed by atoms with Gasteiger partial charge < -0.3 is 14.8 Å². The number of thiocarbonyl (C=S) groups is 1. The highest BCUT2D eigenvalue weighted by atomic mass is 32.1. The van der Waals surface area contributed by atoms with Crippen molar-refractivity contribution in [1.29, 1.82) is 0 Å². The Hall–Kier alpha value is -2.73. The summed E-state index contributed by atoms with van der Waals surface area (Å²) in [5, 5.41) is 4.30. The molecule has 1 N–H and O–H groups in total. The molecule has 0 amide bonds. The van der Waals surface area contributed by atoms with Crippen LogP contribution in [-0.2, 0) is 0 Å². The lowest BCUT2D eigenvalue weighted by atomic mass is 9.96. The van der Waals surface area contributed by atoms with Crippen LogP contribution in [0.3, 0.4) is 0 Å². The van der Waals surface area contributed by atoms with Crippen LogP contribution >= 0.6 is 12.2 Å².